The van der Waals surface area contributed by atoms with Gasteiger partial charge in [-0.25, -0.2) is 4.98 Å². The van der Waals surface area contributed by atoms with Crippen LogP contribution in [0.3, 0.4) is 0 Å². The zero-order valence-corrected chi connectivity index (χ0v) is 14.9. The Morgan fingerprint density at radius 1 is 1.24 bits per heavy atom. The normalized spacial score (nSPS) is 11.2. The lowest BCUT2D eigenvalue weighted by Crippen LogP contribution is -2.24. The summed E-state index contributed by atoms with van der Waals surface area (Å²) in [5, 5.41) is 3.39. The zero-order valence-electron chi connectivity index (χ0n) is 14.9. The minimum Gasteiger partial charge on any atom is -0.497 e. The maximum Gasteiger partial charge on any atom is 0.142 e. The molecule has 0 saturated carbocycles. The molecule has 6 heteroatoms. The van der Waals surface area contributed by atoms with Crippen LogP contribution in [-0.4, -0.2) is 41.3 Å². The number of ether oxygens (including phenoxy) is 2. The van der Waals surface area contributed by atoms with E-state index in [9.17, 15) is 0 Å². The molecule has 25 heavy (non-hydrogen) atoms. The van der Waals surface area contributed by atoms with E-state index >= 15 is 0 Å². The predicted molar refractivity (Wildman–Crippen MR) is 99.1 cm³/mol. The Morgan fingerprint density at radius 3 is 2.88 bits per heavy atom. The first-order valence-electron chi connectivity index (χ1n) is 8.51. The third-order valence-electron chi connectivity index (χ3n) is 3.86. The minimum absolute atomic E-state index is 0.483. The first-order chi connectivity index (χ1) is 12.2. The monoisotopic (exact) mass is 340 g/mol. The van der Waals surface area contributed by atoms with Gasteiger partial charge in [-0.05, 0) is 31.2 Å². The Hall–Kier alpha value is -2.60. The lowest BCUT2D eigenvalue weighted by atomic mass is 10.2. The van der Waals surface area contributed by atoms with Crippen LogP contribution in [0.1, 0.15) is 20.3 Å². The SMILES string of the molecule is COc1ccc(-c2nc3cnccc3[nH]2)c(OCCCNC(C)C)c1. The number of nitrogens with one attached hydrogen (secondary N) is 2. The molecule has 2 heterocycles. The minimum atomic E-state index is 0.483. The summed E-state index contributed by atoms with van der Waals surface area (Å²) in [6.07, 6.45) is 4.42. The number of methoxy groups -OCH3 is 1. The Labute approximate surface area is 147 Å². The van der Waals surface area contributed by atoms with Crippen molar-refractivity contribution in [1.29, 1.82) is 0 Å². The molecule has 3 rings (SSSR count). The van der Waals surface area contributed by atoms with Crippen molar-refractivity contribution in [2.75, 3.05) is 20.3 Å². The van der Waals surface area contributed by atoms with Crippen molar-refractivity contribution in [2.24, 2.45) is 0 Å². The van der Waals surface area contributed by atoms with E-state index in [4.69, 9.17) is 9.47 Å². The van der Waals surface area contributed by atoms with Crippen LogP contribution in [-0.2, 0) is 0 Å². The van der Waals surface area contributed by atoms with Crippen molar-refractivity contribution in [3.05, 3.63) is 36.7 Å². The molecule has 132 valence electrons. The van der Waals surface area contributed by atoms with Gasteiger partial charge in [0.25, 0.3) is 0 Å². The molecule has 6 nitrogen and oxygen atoms in total. The highest BCUT2D eigenvalue weighted by molar-refractivity contribution is 5.80. The quantitative estimate of drug-likeness (QED) is 0.615. The predicted octanol–water partition coefficient (Wildman–Crippen LogP) is 3.40. The molecule has 0 radical (unpaired) electrons. The van der Waals surface area contributed by atoms with E-state index in [2.05, 4.69) is 34.1 Å². The van der Waals surface area contributed by atoms with Crippen LogP contribution in [0.25, 0.3) is 22.4 Å². The molecule has 1 aromatic carbocycles. The first kappa shape index (κ1) is 17.2. The van der Waals surface area contributed by atoms with Gasteiger partial charge in [0.1, 0.15) is 22.8 Å². The fraction of sp³-hybridized carbons (Fsp3) is 0.368. The third kappa shape index (κ3) is 4.28. The molecule has 0 amide bonds. The third-order valence-corrected chi connectivity index (χ3v) is 3.86. The second-order valence-electron chi connectivity index (χ2n) is 6.15. The Morgan fingerprint density at radius 2 is 2.12 bits per heavy atom. The summed E-state index contributed by atoms with van der Waals surface area (Å²) in [7, 11) is 1.65. The number of aromatic nitrogens is 3. The zero-order chi connectivity index (χ0) is 17.6. The second-order valence-corrected chi connectivity index (χ2v) is 6.15. The summed E-state index contributed by atoms with van der Waals surface area (Å²) in [6.45, 7) is 5.82. The van der Waals surface area contributed by atoms with Crippen LogP contribution in [0.4, 0.5) is 0 Å². The number of hydrogen-bond donors (Lipinski definition) is 2. The number of fused-ring (bicyclic) bond motifs is 1. The molecule has 2 aromatic heterocycles. The molecule has 0 atom stereocenters. The van der Waals surface area contributed by atoms with Gasteiger partial charge < -0.3 is 19.8 Å². The van der Waals surface area contributed by atoms with Crippen LogP contribution >= 0.6 is 0 Å². The van der Waals surface area contributed by atoms with Crippen LogP contribution in [0, 0.1) is 0 Å². The largest absolute Gasteiger partial charge is 0.497 e. The summed E-state index contributed by atoms with van der Waals surface area (Å²) < 4.78 is 11.3. The molecular weight excluding hydrogens is 316 g/mol. The summed E-state index contributed by atoms with van der Waals surface area (Å²) in [5.41, 5.74) is 2.70. The second kappa shape index (κ2) is 7.98. The standard InChI is InChI=1S/C19H24N4O2/c1-13(2)21-8-4-10-25-18-11-14(24-3)5-6-15(18)19-22-16-7-9-20-12-17(16)23-19/h5-7,9,11-13,21H,4,8,10H2,1-3H3,(H,22,23). The van der Waals surface area contributed by atoms with Gasteiger partial charge in [0.2, 0.25) is 0 Å². The highest BCUT2D eigenvalue weighted by Gasteiger charge is 2.12. The van der Waals surface area contributed by atoms with Crippen molar-refractivity contribution in [3.8, 4) is 22.9 Å². The molecule has 2 N–H and O–H groups in total. The van der Waals surface area contributed by atoms with Crippen molar-refractivity contribution in [3.63, 3.8) is 0 Å². The number of imidazole rings is 1. The molecule has 0 fully saturated rings. The van der Waals surface area contributed by atoms with Gasteiger partial charge in [-0.3, -0.25) is 4.98 Å². The first-order valence-corrected chi connectivity index (χ1v) is 8.51. The smallest absolute Gasteiger partial charge is 0.142 e. The van der Waals surface area contributed by atoms with Crippen LogP contribution in [0.2, 0.25) is 0 Å². The Balaban J connectivity index is 1.80. The number of nitrogens with zero attached hydrogens (tertiary/aromatic N) is 2. The molecule has 0 unspecified atom stereocenters. The number of benzene rings is 1. The summed E-state index contributed by atoms with van der Waals surface area (Å²) >= 11 is 0. The number of rotatable bonds is 8. The summed E-state index contributed by atoms with van der Waals surface area (Å²) in [5.74, 6) is 2.29. The van der Waals surface area contributed by atoms with Crippen molar-refractivity contribution in [2.45, 2.75) is 26.3 Å². The van der Waals surface area contributed by atoms with Gasteiger partial charge in [-0.1, -0.05) is 13.8 Å². The van der Waals surface area contributed by atoms with Gasteiger partial charge in [-0.2, -0.15) is 0 Å². The molecule has 0 aliphatic heterocycles. The Kier molecular flexibility index (Phi) is 5.50. The van der Waals surface area contributed by atoms with Gasteiger partial charge in [0.05, 0.1) is 31.0 Å². The van der Waals surface area contributed by atoms with E-state index in [0.29, 0.717) is 12.6 Å². The van der Waals surface area contributed by atoms with Crippen molar-refractivity contribution in [1.82, 2.24) is 20.3 Å². The molecule has 0 aliphatic rings. The number of pyridine rings is 1. The maximum absolute atomic E-state index is 6.02. The number of hydrogen-bond acceptors (Lipinski definition) is 5. The fourth-order valence-corrected chi connectivity index (χ4v) is 2.57. The van der Waals surface area contributed by atoms with Gasteiger partial charge >= 0.3 is 0 Å². The molecule has 0 spiro atoms. The van der Waals surface area contributed by atoms with Gasteiger partial charge in [0.15, 0.2) is 0 Å². The van der Waals surface area contributed by atoms with Crippen LogP contribution < -0.4 is 14.8 Å². The van der Waals surface area contributed by atoms with E-state index in [1.165, 1.54) is 0 Å². The van der Waals surface area contributed by atoms with E-state index in [0.717, 1.165) is 46.9 Å². The van der Waals surface area contributed by atoms with Gasteiger partial charge in [-0.15, -0.1) is 0 Å². The van der Waals surface area contributed by atoms with Crippen LogP contribution in [0.5, 0.6) is 11.5 Å². The lowest BCUT2D eigenvalue weighted by Gasteiger charge is -2.13. The van der Waals surface area contributed by atoms with E-state index in [1.807, 2.05) is 24.3 Å². The highest BCUT2D eigenvalue weighted by Crippen LogP contribution is 2.33. The van der Waals surface area contributed by atoms with Crippen molar-refractivity contribution >= 4 is 11.0 Å². The van der Waals surface area contributed by atoms with Gasteiger partial charge in [0, 0.05) is 18.3 Å². The van der Waals surface area contributed by atoms with E-state index in [-0.39, 0.29) is 0 Å². The molecule has 0 bridgehead atoms. The number of aromatic amines is 1. The van der Waals surface area contributed by atoms with Crippen molar-refractivity contribution < 1.29 is 9.47 Å². The molecule has 0 aliphatic carbocycles. The average molecular weight is 340 g/mol. The Bertz CT molecular complexity index is 796. The highest BCUT2D eigenvalue weighted by atomic mass is 16.5. The molecular formula is C19H24N4O2. The summed E-state index contributed by atoms with van der Waals surface area (Å²) in [4.78, 5) is 12.1. The van der Waals surface area contributed by atoms with E-state index in [1.54, 1.807) is 19.5 Å². The average Bonchev–Trinajstić information content (AvgIpc) is 3.04. The fourth-order valence-electron chi connectivity index (χ4n) is 2.57. The molecule has 0 saturated heterocycles. The van der Waals surface area contributed by atoms with Crippen LogP contribution in [0.15, 0.2) is 36.7 Å². The van der Waals surface area contributed by atoms with E-state index < -0.39 is 0 Å². The topological polar surface area (TPSA) is 72.1 Å². The summed E-state index contributed by atoms with van der Waals surface area (Å²) in [6, 6.07) is 8.17. The maximum atomic E-state index is 6.02. The molecule has 3 aromatic rings. The number of H-pyrrole nitrogens is 1. The lowest BCUT2D eigenvalue weighted by molar-refractivity contribution is 0.305.